The highest BCUT2D eigenvalue weighted by Crippen LogP contribution is 2.41. The quantitative estimate of drug-likeness (QED) is 0.293. The number of aliphatic hydroxyl groups excluding tert-OH is 1. The molecule has 4 heteroatoms. The summed E-state index contributed by atoms with van der Waals surface area (Å²) in [4.78, 5) is 11.8. The maximum atomic E-state index is 11.8. The minimum absolute atomic E-state index is 0.279. The number of hydrogen-bond donors (Lipinski definition) is 1. The molecule has 32 heavy (non-hydrogen) atoms. The van der Waals surface area contributed by atoms with Gasteiger partial charge in [0.15, 0.2) is 5.78 Å². The number of carbonyl (C=O) groups excluding carboxylic acids is 1. The van der Waals surface area contributed by atoms with Crippen molar-refractivity contribution in [2.75, 3.05) is 13.2 Å². The monoisotopic (exact) mass is 438 g/mol. The molecule has 0 aromatic heterocycles. The largest absolute Gasteiger partial charge is 0.494 e. The highest BCUT2D eigenvalue weighted by atomic mass is 16.5. The summed E-state index contributed by atoms with van der Waals surface area (Å²) >= 11 is 0. The van der Waals surface area contributed by atoms with Gasteiger partial charge in [0.1, 0.15) is 11.5 Å². The van der Waals surface area contributed by atoms with Gasteiger partial charge in [0, 0.05) is 11.5 Å². The summed E-state index contributed by atoms with van der Waals surface area (Å²) in [5.41, 5.74) is 1.80. The minimum atomic E-state index is -0.297. The zero-order valence-electron chi connectivity index (χ0n) is 19.6. The van der Waals surface area contributed by atoms with Crippen LogP contribution in [-0.4, -0.2) is 24.1 Å². The molecule has 2 fully saturated rings. The molecule has 0 amide bonds. The lowest BCUT2D eigenvalue weighted by atomic mass is 10.1. The molecule has 4 nitrogen and oxygen atoms in total. The summed E-state index contributed by atoms with van der Waals surface area (Å²) in [6, 6.07) is 15.4. The van der Waals surface area contributed by atoms with Gasteiger partial charge in [0.25, 0.3) is 0 Å². The van der Waals surface area contributed by atoms with Gasteiger partial charge in [-0.25, -0.2) is 0 Å². The SMILES string of the molecule is CCCCOc1cccc(C(=O)C2CC2)c1.CCCCOc1cccc(C(O)C2CC2)c1. The van der Waals surface area contributed by atoms with E-state index in [0.29, 0.717) is 5.92 Å². The first-order valence-electron chi connectivity index (χ1n) is 12.3. The van der Waals surface area contributed by atoms with Crippen LogP contribution in [0.4, 0.5) is 0 Å². The van der Waals surface area contributed by atoms with Crippen molar-refractivity contribution in [3.8, 4) is 11.5 Å². The standard InChI is InChI=1S/C14H20O2.C14H18O2/c2*1-2-3-9-16-13-6-4-5-12(10-13)14(15)11-7-8-11/h4-6,10-11,14-15H,2-3,7-9H2,1H3;4-6,10-11H,2-3,7-9H2,1H3. The van der Waals surface area contributed by atoms with Gasteiger partial charge in [-0.2, -0.15) is 0 Å². The zero-order chi connectivity index (χ0) is 22.8. The number of ketones is 1. The topological polar surface area (TPSA) is 55.8 Å². The molecule has 4 rings (SSSR count). The predicted molar refractivity (Wildman–Crippen MR) is 128 cm³/mol. The van der Waals surface area contributed by atoms with Crippen molar-refractivity contribution >= 4 is 5.78 Å². The molecule has 2 aliphatic carbocycles. The van der Waals surface area contributed by atoms with Gasteiger partial charge in [-0.3, -0.25) is 4.79 Å². The molecule has 1 unspecified atom stereocenters. The lowest BCUT2D eigenvalue weighted by Gasteiger charge is -2.11. The average Bonchev–Trinajstić information content (AvgIpc) is 3.73. The Kier molecular flexibility index (Phi) is 9.61. The number of rotatable bonds is 12. The van der Waals surface area contributed by atoms with Crippen LogP contribution in [-0.2, 0) is 0 Å². The van der Waals surface area contributed by atoms with Crippen molar-refractivity contribution in [2.45, 2.75) is 71.3 Å². The fourth-order valence-electron chi connectivity index (χ4n) is 3.46. The molecule has 174 valence electrons. The van der Waals surface area contributed by atoms with E-state index in [1.54, 1.807) is 0 Å². The first-order chi connectivity index (χ1) is 15.6. The zero-order valence-corrected chi connectivity index (χ0v) is 19.6. The summed E-state index contributed by atoms with van der Waals surface area (Å²) in [5.74, 6) is 2.74. The first kappa shape index (κ1) is 24.3. The van der Waals surface area contributed by atoms with E-state index in [1.807, 2.05) is 48.5 Å². The Morgan fingerprint density at radius 1 is 0.906 bits per heavy atom. The second kappa shape index (κ2) is 12.6. The molecule has 0 saturated heterocycles. The summed E-state index contributed by atoms with van der Waals surface area (Å²) in [5, 5.41) is 10.0. The van der Waals surface area contributed by atoms with Crippen LogP contribution in [0.25, 0.3) is 0 Å². The Morgan fingerprint density at radius 3 is 2.06 bits per heavy atom. The van der Waals surface area contributed by atoms with E-state index in [9.17, 15) is 9.90 Å². The van der Waals surface area contributed by atoms with Crippen molar-refractivity contribution in [1.82, 2.24) is 0 Å². The summed E-state index contributed by atoms with van der Waals surface area (Å²) in [7, 11) is 0. The van der Waals surface area contributed by atoms with E-state index >= 15 is 0 Å². The number of ether oxygens (including phenoxy) is 2. The molecule has 2 aromatic rings. The minimum Gasteiger partial charge on any atom is -0.494 e. The third-order valence-corrected chi connectivity index (χ3v) is 5.87. The lowest BCUT2D eigenvalue weighted by Crippen LogP contribution is -2.02. The van der Waals surface area contributed by atoms with Crippen LogP contribution in [0.3, 0.4) is 0 Å². The van der Waals surface area contributed by atoms with Crippen LogP contribution in [0.2, 0.25) is 0 Å². The second-order valence-corrected chi connectivity index (χ2v) is 8.93. The number of carbonyl (C=O) groups is 1. The van der Waals surface area contributed by atoms with Crippen LogP contribution in [0, 0.1) is 11.8 Å². The molecular weight excluding hydrogens is 400 g/mol. The maximum Gasteiger partial charge on any atom is 0.166 e. The third-order valence-electron chi connectivity index (χ3n) is 5.87. The Bertz CT molecular complexity index is 839. The molecule has 0 aliphatic heterocycles. The molecule has 2 aromatic carbocycles. The van der Waals surface area contributed by atoms with Crippen LogP contribution < -0.4 is 9.47 Å². The average molecular weight is 439 g/mol. The molecule has 1 atom stereocenters. The fraction of sp³-hybridized carbons (Fsp3) is 0.536. The molecule has 1 N–H and O–H groups in total. The van der Waals surface area contributed by atoms with E-state index in [-0.39, 0.29) is 17.8 Å². The van der Waals surface area contributed by atoms with Crippen LogP contribution in [0.1, 0.15) is 87.2 Å². The van der Waals surface area contributed by atoms with Crippen LogP contribution in [0.15, 0.2) is 48.5 Å². The Morgan fingerprint density at radius 2 is 1.50 bits per heavy atom. The van der Waals surface area contributed by atoms with Gasteiger partial charge < -0.3 is 14.6 Å². The summed E-state index contributed by atoms with van der Waals surface area (Å²) < 4.78 is 11.2. The molecule has 0 radical (unpaired) electrons. The molecule has 0 spiro atoms. The number of aliphatic hydroxyl groups is 1. The number of hydrogen-bond acceptors (Lipinski definition) is 4. The fourth-order valence-corrected chi connectivity index (χ4v) is 3.46. The Balaban J connectivity index is 0.000000181. The van der Waals surface area contributed by atoms with Crippen molar-refractivity contribution < 1.29 is 19.4 Å². The Labute approximate surface area is 193 Å². The molecule has 2 saturated carbocycles. The highest BCUT2D eigenvalue weighted by Gasteiger charge is 2.31. The smallest absolute Gasteiger partial charge is 0.166 e. The van der Waals surface area contributed by atoms with Gasteiger partial charge >= 0.3 is 0 Å². The first-order valence-corrected chi connectivity index (χ1v) is 12.3. The third kappa shape index (κ3) is 7.98. The van der Waals surface area contributed by atoms with Gasteiger partial charge in [0.05, 0.1) is 19.3 Å². The van der Waals surface area contributed by atoms with Crippen molar-refractivity contribution in [1.29, 1.82) is 0 Å². The molecule has 0 bridgehead atoms. The van der Waals surface area contributed by atoms with E-state index in [4.69, 9.17) is 9.47 Å². The van der Waals surface area contributed by atoms with Crippen molar-refractivity contribution in [2.24, 2.45) is 11.8 Å². The lowest BCUT2D eigenvalue weighted by molar-refractivity contribution is 0.0967. The normalized spacial score (nSPS) is 16.0. The molecular formula is C28H38O4. The van der Waals surface area contributed by atoms with E-state index < -0.39 is 0 Å². The van der Waals surface area contributed by atoms with Crippen LogP contribution in [0.5, 0.6) is 11.5 Å². The van der Waals surface area contributed by atoms with Gasteiger partial charge in [-0.1, -0.05) is 51.0 Å². The van der Waals surface area contributed by atoms with E-state index in [1.165, 1.54) is 0 Å². The van der Waals surface area contributed by atoms with Crippen molar-refractivity contribution in [3.63, 3.8) is 0 Å². The predicted octanol–water partition coefficient (Wildman–Crippen LogP) is 6.77. The van der Waals surface area contributed by atoms with E-state index in [2.05, 4.69) is 13.8 Å². The van der Waals surface area contributed by atoms with E-state index in [0.717, 1.165) is 87.2 Å². The summed E-state index contributed by atoms with van der Waals surface area (Å²) in [6.07, 6.45) is 8.53. The van der Waals surface area contributed by atoms with Gasteiger partial charge in [-0.15, -0.1) is 0 Å². The molecule has 0 heterocycles. The molecule has 2 aliphatic rings. The number of benzene rings is 2. The van der Waals surface area contributed by atoms with Gasteiger partial charge in [-0.05, 0) is 74.3 Å². The second-order valence-electron chi connectivity index (χ2n) is 8.93. The van der Waals surface area contributed by atoms with Crippen LogP contribution >= 0.6 is 0 Å². The number of unbranched alkanes of at least 4 members (excludes halogenated alkanes) is 2. The van der Waals surface area contributed by atoms with Crippen molar-refractivity contribution in [3.05, 3.63) is 59.7 Å². The summed E-state index contributed by atoms with van der Waals surface area (Å²) in [6.45, 7) is 5.78. The Hall–Kier alpha value is -2.33. The number of Topliss-reactive ketones (excluding diaryl/α,β-unsaturated/α-hetero) is 1. The van der Waals surface area contributed by atoms with Gasteiger partial charge in [0.2, 0.25) is 0 Å². The maximum absolute atomic E-state index is 11.8. The highest BCUT2D eigenvalue weighted by molar-refractivity contribution is 5.99.